The fraction of sp³-hybridized carbons (Fsp3) is 0.308. The quantitative estimate of drug-likeness (QED) is 0.726. The van der Waals surface area contributed by atoms with Gasteiger partial charge in [0.1, 0.15) is 5.60 Å². The number of aromatic nitrogens is 2. The van der Waals surface area contributed by atoms with Crippen LogP contribution in [0.2, 0.25) is 0 Å². The van der Waals surface area contributed by atoms with E-state index in [1.807, 2.05) is 0 Å². The number of hydrogen-bond donors (Lipinski definition) is 0. The van der Waals surface area contributed by atoms with Crippen molar-refractivity contribution in [1.82, 2.24) is 9.78 Å². The predicted molar refractivity (Wildman–Crippen MR) is 66.8 cm³/mol. The predicted octanol–water partition coefficient (Wildman–Crippen LogP) is 2.63. The van der Waals surface area contributed by atoms with Gasteiger partial charge in [-0.1, -0.05) is 12.1 Å². The van der Waals surface area contributed by atoms with Gasteiger partial charge < -0.3 is 4.74 Å². The van der Waals surface area contributed by atoms with E-state index in [2.05, 4.69) is 5.10 Å². The lowest BCUT2D eigenvalue weighted by Gasteiger charge is -2.19. The molecule has 0 atom stereocenters. The van der Waals surface area contributed by atoms with E-state index >= 15 is 0 Å². The van der Waals surface area contributed by atoms with Crippen LogP contribution in [0.3, 0.4) is 0 Å². The summed E-state index contributed by atoms with van der Waals surface area (Å²) in [7, 11) is 0. The molecule has 1 aromatic heterocycles. The number of para-hydroxylation sites is 1. The number of aldehydes is 1. The van der Waals surface area contributed by atoms with Gasteiger partial charge in [0, 0.05) is 10.9 Å². The fourth-order valence-electron chi connectivity index (χ4n) is 1.65. The molecule has 0 N–H and O–H groups in total. The number of rotatable bonds is 1. The van der Waals surface area contributed by atoms with Crippen LogP contribution in [0.5, 0.6) is 0 Å². The maximum atomic E-state index is 12.0. The van der Waals surface area contributed by atoms with Gasteiger partial charge in [-0.2, -0.15) is 9.78 Å². The molecule has 18 heavy (non-hydrogen) atoms. The first kappa shape index (κ1) is 12.3. The number of nitrogens with zero attached hydrogens (tertiary/aromatic N) is 2. The van der Waals surface area contributed by atoms with Crippen molar-refractivity contribution in [3.05, 3.63) is 30.0 Å². The molecule has 94 valence electrons. The summed E-state index contributed by atoms with van der Waals surface area (Å²) in [5.41, 5.74) is 0.281. The Labute approximate surface area is 104 Å². The Hall–Kier alpha value is -2.17. The van der Waals surface area contributed by atoms with Gasteiger partial charge in [0.2, 0.25) is 0 Å². The Morgan fingerprint density at radius 2 is 2.11 bits per heavy atom. The zero-order chi connectivity index (χ0) is 13.3. The molecule has 0 aliphatic heterocycles. The smallest absolute Gasteiger partial charge is 0.435 e. The summed E-state index contributed by atoms with van der Waals surface area (Å²) in [6, 6.07) is 5.17. The summed E-state index contributed by atoms with van der Waals surface area (Å²) in [5.74, 6) is 0. The molecule has 0 saturated carbocycles. The van der Waals surface area contributed by atoms with Crippen LogP contribution in [-0.2, 0) is 4.74 Å². The molecule has 0 spiro atoms. The van der Waals surface area contributed by atoms with Crippen molar-refractivity contribution in [2.24, 2.45) is 0 Å². The van der Waals surface area contributed by atoms with Gasteiger partial charge in [0.15, 0.2) is 6.29 Å². The van der Waals surface area contributed by atoms with Crippen molar-refractivity contribution in [1.29, 1.82) is 0 Å². The van der Waals surface area contributed by atoms with E-state index < -0.39 is 11.7 Å². The maximum absolute atomic E-state index is 12.0. The molecule has 5 nitrogen and oxygen atoms in total. The second-order valence-electron chi connectivity index (χ2n) is 4.94. The topological polar surface area (TPSA) is 61.2 Å². The minimum atomic E-state index is -0.606. The second kappa shape index (κ2) is 4.25. The molecule has 0 radical (unpaired) electrons. The highest BCUT2D eigenvalue weighted by Gasteiger charge is 2.21. The van der Waals surface area contributed by atoms with Crippen LogP contribution in [0, 0.1) is 0 Å². The minimum Gasteiger partial charge on any atom is -0.442 e. The first-order valence-electron chi connectivity index (χ1n) is 5.57. The number of ether oxygens (including phenoxy) is 1. The standard InChI is InChI=1S/C13H14N2O3/c1-13(2,3)18-12(17)15-11-9(7-14-15)5-4-6-10(11)8-16/h4-8H,1-3H3. The summed E-state index contributed by atoms with van der Waals surface area (Å²) in [4.78, 5) is 23.0. The monoisotopic (exact) mass is 246 g/mol. The summed E-state index contributed by atoms with van der Waals surface area (Å²) in [5, 5.41) is 4.70. The molecular weight excluding hydrogens is 232 g/mol. The van der Waals surface area contributed by atoms with Crippen LogP contribution in [0.15, 0.2) is 24.4 Å². The highest BCUT2D eigenvalue weighted by atomic mass is 16.6. The van der Waals surface area contributed by atoms with Crippen molar-refractivity contribution in [2.75, 3.05) is 0 Å². The third kappa shape index (κ3) is 2.25. The molecule has 1 heterocycles. The van der Waals surface area contributed by atoms with Gasteiger partial charge in [-0.3, -0.25) is 4.79 Å². The molecule has 0 bridgehead atoms. The average molecular weight is 246 g/mol. The summed E-state index contributed by atoms with van der Waals surface area (Å²) in [6.07, 6.45) is 1.64. The third-order valence-corrected chi connectivity index (χ3v) is 2.32. The van der Waals surface area contributed by atoms with Crippen molar-refractivity contribution < 1.29 is 14.3 Å². The van der Waals surface area contributed by atoms with E-state index in [-0.39, 0.29) is 0 Å². The van der Waals surface area contributed by atoms with Crippen LogP contribution in [0.4, 0.5) is 4.79 Å². The van der Waals surface area contributed by atoms with Crippen LogP contribution in [0.1, 0.15) is 31.1 Å². The second-order valence-corrected chi connectivity index (χ2v) is 4.94. The zero-order valence-electron chi connectivity index (χ0n) is 10.5. The van der Waals surface area contributed by atoms with E-state index in [0.29, 0.717) is 17.4 Å². The zero-order valence-corrected chi connectivity index (χ0v) is 10.5. The minimum absolute atomic E-state index is 0.413. The van der Waals surface area contributed by atoms with Gasteiger partial charge in [-0.15, -0.1) is 0 Å². The Kier molecular flexibility index (Phi) is 2.90. The lowest BCUT2D eigenvalue weighted by molar-refractivity contribution is 0.0522. The summed E-state index contributed by atoms with van der Waals surface area (Å²) in [6.45, 7) is 5.33. The van der Waals surface area contributed by atoms with Gasteiger partial charge in [-0.25, -0.2) is 4.79 Å². The van der Waals surface area contributed by atoms with Gasteiger partial charge in [0.25, 0.3) is 0 Å². The largest absolute Gasteiger partial charge is 0.442 e. The highest BCUT2D eigenvalue weighted by Crippen LogP contribution is 2.19. The first-order chi connectivity index (χ1) is 8.42. The maximum Gasteiger partial charge on any atom is 0.435 e. The third-order valence-electron chi connectivity index (χ3n) is 2.32. The van der Waals surface area contributed by atoms with Crippen LogP contribution in [0.25, 0.3) is 10.9 Å². The number of carbonyl (C=O) groups is 2. The Morgan fingerprint density at radius 3 is 2.72 bits per heavy atom. The lowest BCUT2D eigenvalue weighted by atomic mass is 10.1. The van der Waals surface area contributed by atoms with Gasteiger partial charge in [-0.05, 0) is 26.8 Å². The van der Waals surface area contributed by atoms with Crippen molar-refractivity contribution in [2.45, 2.75) is 26.4 Å². The lowest BCUT2D eigenvalue weighted by Crippen LogP contribution is -2.27. The number of fused-ring (bicyclic) bond motifs is 1. The molecule has 0 saturated heterocycles. The van der Waals surface area contributed by atoms with Crippen molar-refractivity contribution in [3.63, 3.8) is 0 Å². The van der Waals surface area contributed by atoms with Crippen LogP contribution >= 0.6 is 0 Å². The van der Waals surface area contributed by atoms with E-state index in [4.69, 9.17) is 4.74 Å². The molecule has 5 heteroatoms. The van der Waals surface area contributed by atoms with Crippen molar-refractivity contribution >= 4 is 23.3 Å². The van der Waals surface area contributed by atoms with Crippen LogP contribution in [-0.4, -0.2) is 27.8 Å². The van der Waals surface area contributed by atoms with E-state index in [0.717, 1.165) is 10.1 Å². The Bertz CT molecular complexity index is 608. The molecule has 1 aromatic carbocycles. The van der Waals surface area contributed by atoms with E-state index in [9.17, 15) is 9.59 Å². The molecular formula is C13H14N2O3. The molecule has 0 fully saturated rings. The average Bonchev–Trinajstić information content (AvgIpc) is 2.70. The molecule has 0 amide bonds. The summed E-state index contributed by atoms with van der Waals surface area (Å²) < 4.78 is 6.35. The number of carbonyl (C=O) groups excluding carboxylic acids is 2. The molecule has 0 unspecified atom stereocenters. The van der Waals surface area contributed by atoms with E-state index in [1.165, 1.54) is 6.20 Å². The van der Waals surface area contributed by atoms with Crippen molar-refractivity contribution in [3.8, 4) is 0 Å². The van der Waals surface area contributed by atoms with Gasteiger partial charge >= 0.3 is 6.09 Å². The fourth-order valence-corrected chi connectivity index (χ4v) is 1.65. The Morgan fingerprint density at radius 1 is 1.39 bits per heavy atom. The number of benzene rings is 1. The van der Waals surface area contributed by atoms with Gasteiger partial charge in [0.05, 0.1) is 11.7 Å². The normalized spacial score (nSPS) is 11.5. The molecule has 2 aromatic rings. The summed E-state index contributed by atoms with van der Waals surface area (Å²) >= 11 is 0. The SMILES string of the molecule is CC(C)(C)OC(=O)n1ncc2cccc(C=O)c21. The molecule has 2 rings (SSSR count). The Balaban J connectivity index is 2.52. The first-order valence-corrected chi connectivity index (χ1v) is 5.57. The molecule has 0 aliphatic carbocycles. The number of hydrogen-bond acceptors (Lipinski definition) is 4. The highest BCUT2D eigenvalue weighted by molar-refractivity contribution is 5.99. The molecule has 0 aliphatic rings. The van der Waals surface area contributed by atoms with E-state index in [1.54, 1.807) is 39.0 Å². The van der Waals surface area contributed by atoms with Crippen LogP contribution < -0.4 is 0 Å².